The Morgan fingerprint density at radius 3 is 2.44 bits per heavy atom. The van der Waals surface area contributed by atoms with Crippen molar-refractivity contribution in [3.63, 3.8) is 0 Å². The second-order valence-electron chi connectivity index (χ2n) is 8.59. The lowest BCUT2D eigenvalue weighted by atomic mass is 9.76. The summed E-state index contributed by atoms with van der Waals surface area (Å²) >= 11 is 0.0816. The topological polar surface area (TPSA) is 26.3 Å². The van der Waals surface area contributed by atoms with Crippen LogP contribution in [-0.4, -0.2) is 5.97 Å². The number of thiophene rings is 1. The first-order valence-corrected chi connectivity index (χ1v) is 12.3. The van der Waals surface area contributed by atoms with Gasteiger partial charge in [-0.3, -0.25) is 0 Å². The molecule has 0 unspecified atom stereocenters. The van der Waals surface area contributed by atoms with Crippen LogP contribution >= 0.6 is 11.3 Å². The molecule has 0 atom stereocenters. The second kappa shape index (κ2) is 11.8. The van der Waals surface area contributed by atoms with Crippen LogP contribution < -0.4 is 4.74 Å². The molecule has 32 heavy (non-hydrogen) atoms. The molecule has 0 N–H and O–H groups in total. The number of carbonyl (C=O) groups excluding carboxylic acids is 1. The van der Waals surface area contributed by atoms with Crippen molar-refractivity contribution in [3.05, 3.63) is 51.9 Å². The van der Waals surface area contributed by atoms with Crippen LogP contribution in [0.5, 0.6) is 5.06 Å². The number of benzene rings is 1. The van der Waals surface area contributed by atoms with Gasteiger partial charge in [0.25, 0.3) is 6.43 Å². The van der Waals surface area contributed by atoms with Crippen LogP contribution in [0.25, 0.3) is 0 Å². The molecule has 1 aromatic heterocycles. The van der Waals surface area contributed by atoms with Gasteiger partial charge < -0.3 is 4.74 Å². The summed E-state index contributed by atoms with van der Waals surface area (Å²) in [7, 11) is 0. The molecule has 1 saturated carbocycles. The standard InChI is InChI=1S/C25H30F4O2S/c1-2-3-4-5-6-9-16-12-14-17(15-13-16)18-10-7-8-11-19(18)24(30)31-25-20(22(27)28)21(26)23(29)32-25/h7-8,10-11,16-17,22H,2-6,9,12-15H2,1H3. The Balaban J connectivity index is 1.63. The van der Waals surface area contributed by atoms with E-state index in [1.807, 2.05) is 12.1 Å². The van der Waals surface area contributed by atoms with E-state index in [0.29, 0.717) is 5.92 Å². The summed E-state index contributed by atoms with van der Waals surface area (Å²) in [5.41, 5.74) is -0.113. The second-order valence-corrected chi connectivity index (χ2v) is 9.52. The number of carbonyl (C=O) groups is 1. The third-order valence-corrected chi connectivity index (χ3v) is 7.25. The third kappa shape index (κ3) is 6.12. The molecule has 0 saturated heterocycles. The van der Waals surface area contributed by atoms with E-state index in [9.17, 15) is 22.4 Å². The number of esters is 1. The van der Waals surface area contributed by atoms with Crippen LogP contribution in [0, 0.1) is 16.9 Å². The molecule has 0 aliphatic heterocycles. The molecular weight excluding hydrogens is 440 g/mol. The Morgan fingerprint density at radius 2 is 1.75 bits per heavy atom. The molecule has 0 bridgehead atoms. The molecule has 3 rings (SSSR count). The minimum absolute atomic E-state index is 0.0816. The summed E-state index contributed by atoms with van der Waals surface area (Å²) in [6.45, 7) is 2.21. The van der Waals surface area contributed by atoms with Crippen molar-refractivity contribution in [3.8, 4) is 5.06 Å². The summed E-state index contributed by atoms with van der Waals surface area (Å²) < 4.78 is 58.4. The van der Waals surface area contributed by atoms with Gasteiger partial charge in [-0.1, -0.05) is 75.0 Å². The molecule has 0 amide bonds. The largest absolute Gasteiger partial charge is 0.411 e. The van der Waals surface area contributed by atoms with E-state index in [1.54, 1.807) is 12.1 Å². The molecule has 7 heteroatoms. The summed E-state index contributed by atoms with van der Waals surface area (Å²) in [6.07, 6.45) is 8.45. The van der Waals surface area contributed by atoms with Gasteiger partial charge in [0.1, 0.15) is 5.56 Å². The van der Waals surface area contributed by atoms with Crippen LogP contribution in [0.1, 0.15) is 105 Å². The first-order valence-electron chi connectivity index (χ1n) is 11.5. The summed E-state index contributed by atoms with van der Waals surface area (Å²) in [4.78, 5) is 12.8. The SMILES string of the molecule is CCCCCCCC1CCC(c2ccccc2C(=O)Oc2sc(F)c(F)c2C(F)F)CC1. The van der Waals surface area contributed by atoms with E-state index < -0.39 is 34.0 Å². The maximum absolute atomic E-state index is 13.6. The number of halogens is 4. The molecule has 2 aromatic rings. The van der Waals surface area contributed by atoms with Gasteiger partial charge >= 0.3 is 5.97 Å². The number of rotatable bonds is 10. The fraction of sp³-hybridized carbons (Fsp3) is 0.560. The van der Waals surface area contributed by atoms with Crippen molar-refractivity contribution < 1.29 is 27.1 Å². The molecule has 0 radical (unpaired) electrons. The van der Waals surface area contributed by atoms with E-state index >= 15 is 0 Å². The van der Waals surface area contributed by atoms with E-state index in [0.717, 1.165) is 31.2 Å². The predicted octanol–water partition coefficient (Wildman–Crippen LogP) is 8.82. The molecule has 1 heterocycles. The average Bonchev–Trinajstić information content (AvgIpc) is 3.07. The fourth-order valence-electron chi connectivity index (χ4n) is 4.61. The Labute approximate surface area is 191 Å². The van der Waals surface area contributed by atoms with Crippen LogP contribution in [0.15, 0.2) is 24.3 Å². The van der Waals surface area contributed by atoms with Gasteiger partial charge in [-0.15, -0.1) is 0 Å². The van der Waals surface area contributed by atoms with E-state index in [4.69, 9.17) is 4.74 Å². The lowest BCUT2D eigenvalue weighted by molar-refractivity contribution is 0.0726. The molecule has 1 aromatic carbocycles. The van der Waals surface area contributed by atoms with Crippen molar-refractivity contribution in [2.45, 2.75) is 83.5 Å². The predicted molar refractivity (Wildman–Crippen MR) is 119 cm³/mol. The molecule has 1 aliphatic carbocycles. The Hall–Kier alpha value is -1.89. The average molecular weight is 471 g/mol. The molecule has 176 valence electrons. The normalized spacial score (nSPS) is 18.8. The van der Waals surface area contributed by atoms with Gasteiger partial charge in [0.15, 0.2) is 10.9 Å². The highest BCUT2D eigenvalue weighted by Crippen LogP contribution is 2.41. The number of alkyl halides is 2. The van der Waals surface area contributed by atoms with Crippen molar-refractivity contribution in [1.82, 2.24) is 0 Å². The quantitative estimate of drug-likeness (QED) is 0.197. The molecule has 1 fully saturated rings. The molecule has 2 nitrogen and oxygen atoms in total. The highest BCUT2D eigenvalue weighted by molar-refractivity contribution is 7.12. The summed E-state index contributed by atoms with van der Waals surface area (Å²) in [5.74, 6) is -1.63. The fourth-order valence-corrected chi connectivity index (χ4v) is 5.38. The number of hydrogen-bond donors (Lipinski definition) is 0. The van der Waals surface area contributed by atoms with E-state index in [2.05, 4.69) is 6.92 Å². The first-order chi connectivity index (χ1) is 15.4. The van der Waals surface area contributed by atoms with Crippen LogP contribution in [0.4, 0.5) is 17.6 Å². The van der Waals surface area contributed by atoms with E-state index in [1.165, 1.54) is 38.5 Å². The Bertz CT molecular complexity index is 888. The minimum atomic E-state index is -3.27. The van der Waals surface area contributed by atoms with Crippen LogP contribution in [0.3, 0.4) is 0 Å². The van der Waals surface area contributed by atoms with Gasteiger partial charge in [-0.05, 0) is 49.1 Å². The van der Waals surface area contributed by atoms with Crippen LogP contribution in [0.2, 0.25) is 0 Å². The first kappa shape index (κ1) is 24.7. The minimum Gasteiger partial charge on any atom is -0.411 e. The third-order valence-electron chi connectivity index (χ3n) is 6.40. The van der Waals surface area contributed by atoms with Gasteiger partial charge in [-0.2, -0.15) is 4.39 Å². The van der Waals surface area contributed by atoms with Crippen LogP contribution in [-0.2, 0) is 0 Å². The lowest BCUT2D eigenvalue weighted by Crippen LogP contribution is -2.18. The Kier molecular flexibility index (Phi) is 9.14. The highest BCUT2D eigenvalue weighted by atomic mass is 32.1. The molecular formula is C25H30F4O2S. The van der Waals surface area contributed by atoms with Crippen molar-refractivity contribution in [1.29, 1.82) is 0 Å². The molecule has 1 aliphatic rings. The van der Waals surface area contributed by atoms with Crippen molar-refractivity contribution in [2.24, 2.45) is 5.92 Å². The molecule has 0 spiro atoms. The lowest BCUT2D eigenvalue weighted by Gasteiger charge is -2.29. The maximum atomic E-state index is 13.6. The zero-order chi connectivity index (χ0) is 23.1. The van der Waals surface area contributed by atoms with Gasteiger partial charge in [0, 0.05) is 0 Å². The highest BCUT2D eigenvalue weighted by Gasteiger charge is 2.30. The van der Waals surface area contributed by atoms with Crippen molar-refractivity contribution in [2.75, 3.05) is 0 Å². The van der Waals surface area contributed by atoms with Gasteiger partial charge in [-0.25, -0.2) is 18.0 Å². The monoisotopic (exact) mass is 470 g/mol. The smallest absolute Gasteiger partial charge is 0.344 e. The summed E-state index contributed by atoms with van der Waals surface area (Å²) in [6, 6.07) is 6.95. The maximum Gasteiger partial charge on any atom is 0.344 e. The summed E-state index contributed by atoms with van der Waals surface area (Å²) in [5, 5.41) is -2.13. The number of hydrogen-bond acceptors (Lipinski definition) is 3. The van der Waals surface area contributed by atoms with Gasteiger partial charge in [0.05, 0.1) is 5.56 Å². The number of ether oxygens (including phenoxy) is 1. The Morgan fingerprint density at radius 1 is 1.06 bits per heavy atom. The van der Waals surface area contributed by atoms with Gasteiger partial charge in [0.2, 0.25) is 5.13 Å². The van der Waals surface area contributed by atoms with E-state index in [-0.39, 0.29) is 22.8 Å². The zero-order valence-corrected chi connectivity index (χ0v) is 19.2. The zero-order valence-electron chi connectivity index (χ0n) is 18.3. The van der Waals surface area contributed by atoms with Crippen molar-refractivity contribution >= 4 is 17.3 Å². The number of unbranched alkanes of at least 4 members (excludes halogenated alkanes) is 4.